The molecule has 0 fully saturated rings. The summed E-state index contributed by atoms with van der Waals surface area (Å²) in [5.41, 5.74) is 2.42. The fourth-order valence-electron chi connectivity index (χ4n) is 2.32. The monoisotopic (exact) mass is 355 g/mol. The fourth-order valence-corrected chi connectivity index (χ4v) is 2.32. The lowest BCUT2D eigenvalue weighted by Crippen LogP contribution is -2.43. The van der Waals surface area contributed by atoms with Crippen molar-refractivity contribution in [3.8, 4) is 5.69 Å². The predicted molar refractivity (Wildman–Crippen MR) is 82.6 cm³/mol. The molecule has 0 radical (unpaired) electrons. The van der Waals surface area contributed by atoms with Gasteiger partial charge in [-0.05, 0) is 44.2 Å². The SMILES string of the molecule is Cc1cc(C)n(-c2ccc(C(=O)NC(CC(F)(F)F)C(=O)O)cc2)n1. The van der Waals surface area contributed by atoms with Crippen LogP contribution in [0.3, 0.4) is 0 Å². The number of carboxylic acids is 1. The van der Waals surface area contributed by atoms with Crippen molar-refractivity contribution in [3.05, 3.63) is 47.3 Å². The van der Waals surface area contributed by atoms with E-state index in [-0.39, 0.29) is 5.56 Å². The lowest BCUT2D eigenvalue weighted by atomic mass is 10.1. The smallest absolute Gasteiger partial charge is 0.391 e. The number of aryl methyl sites for hydroxylation is 2. The van der Waals surface area contributed by atoms with Crippen molar-refractivity contribution in [2.24, 2.45) is 0 Å². The molecular weight excluding hydrogens is 339 g/mol. The number of rotatable bonds is 5. The summed E-state index contributed by atoms with van der Waals surface area (Å²) in [6.07, 6.45) is -6.34. The van der Waals surface area contributed by atoms with E-state index in [1.165, 1.54) is 12.1 Å². The minimum absolute atomic E-state index is 0.0544. The van der Waals surface area contributed by atoms with Crippen LogP contribution in [0, 0.1) is 13.8 Å². The van der Waals surface area contributed by atoms with Crippen molar-refractivity contribution < 1.29 is 27.9 Å². The number of nitrogens with one attached hydrogen (secondary N) is 1. The van der Waals surface area contributed by atoms with E-state index in [1.54, 1.807) is 16.8 Å². The summed E-state index contributed by atoms with van der Waals surface area (Å²) in [5.74, 6) is -2.64. The molecule has 2 rings (SSSR count). The van der Waals surface area contributed by atoms with Crippen LogP contribution >= 0.6 is 0 Å². The minimum atomic E-state index is -4.70. The van der Waals surface area contributed by atoms with Gasteiger partial charge in [-0.3, -0.25) is 4.79 Å². The quantitative estimate of drug-likeness (QED) is 0.864. The van der Waals surface area contributed by atoms with Crippen LogP contribution in [-0.2, 0) is 4.79 Å². The van der Waals surface area contributed by atoms with Crippen molar-refractivity contribution >= 4 is 11.9 Å². The van der Waals surface area contributed by atoms with Crippen LogP contribution in [-0.4, -0.2) is 39.0 Å². The molecule has 6 nitrogen and oxygen atoms in total. The highest BCUT2D eigenvalue weighted by Crippen LogP contribution is 2.22. The molecule has 1 atom stereocenters. The van der Waals surface area contributed by atoms with Crippen LogP contribution in [0.5, 0.6) is 0 Å². The molecule has 2 N–H and O–H groups in total. The summed E-state index contributed by atoms with van der Waals surface area (Å²) in [6, 6.07) is 5.78. The second kappa shape index (κ2) is 6.96. The number of carbonyl (C=O) groups excluding carboxylic acids is 1. The average Bonchev–Trinajstić information content (AvgIpc) is 2.84. The number of halogens is 3. The summed E-state index contributed by atoms with van der Waals surface area (Å²) in [6.45, 7) is 3.69. The number of alkyl halides is 3. The van der Waals surface area contributed by atoms with E-state index in [0.29, 0.717) is 5.69 Å². The lowest BCUT2D eigenvalue weighted by molar-refractivity contribution is -0.157. The Morgan fingerprint density at radius 1 is 1.24 bits per heavy atom. The Balaban J connectivity index is 2.14. The standard InChI is InChI=1S/C16H16F3N3O3/c1-9-7-10(2)22(21-9)12-5-3-11(4-6-12)14(23)20-13(15(24)25)8-16(17,18)19/h3-7,13H,8H2,1-2H3,(H,20,23)(H,24,25). The Labute approximate surface area is 141 Å². The molecule has 1 aromatic heterocycles. The Morgan fingerprint density at radius 2 is 1.84 bits per heavy atom. The maximum Gasteiger partial charge on any atom is 0.391 e. The maximum absolute atomic E-state index is 12.4. The number of hydrogen-bond donors (Lipinski definition) is 2. The average molecular weight is 355 g/mol. The molecule has 1 amide bonds. The third kappa shape index (κ3) is 4.82. The van der Waals surface area contributed by atoms with Gasteiger partial charge in [0.2, 0.25) is 0 Å². The first-order valence-corrected chi connectivity index (χ1v) is 7.31. The highest BCUT2D eigenvalue weighted by Gasteiger charge is 2.36. The van der Waals surface area contributed by atoms with E-state index in [9.17, 15) is 22.8 Å². The van der Waals surface area contributed by atoms with Crippen LogP contribution in [0.4, 0.5) is 13.2 Å². The predicted octanol–water partition coefficient (Wildman–Crippen LogP) is 2.62. The molecule has 0 saturated heterocycles. The molecular formula is C16H16F3N3O3. The highest BCUT2D eigenvalue weighted by molar-refractivity contribution is 5.96. The number of carbonyl (C=O) groups is 2. The summed E-state index contributed by atoms with van der Waals surface area (Å²) >= 11 is 0. The van der Waals surface area contributed by atoms with Crippen molar-refractivity contribution in [1.29, 1.82) is 0 Å². The van der Waals surface area contributed by atoms with Crippen LogP contribution < -0.4 is 5.32 Å². The van der Waals surface area contributed by atoms with Crippen molar-refractivity contribution in [2.45, 2.75) is 32.5 Å². The molecule has 134 valence electrons. The Morgan fingerprint density at radius 3 is 2.28 bits per heavy atom. The van der Waals surface area contributed by atoms with E-state index in [2.05, 4.69) is 5.10 Å². The van der Waals surface area contributed by atoms with E-state index in [4.69, 9.17) is 5.11 Å². The van der Waals surface area contributed by atoms with Crippen LogP contribution in [0.25, 0.3) is 5.69 Å². The number of benzene rings is 1. The maximum atomic E-state index is 12.4. The second-order valence-corrected chi connectivity index (χ2v) is 5.57. The molecule has 1 aromatic carbocycles. The Hall–Kier alpha value is -2.84. The zero-order valence-electron chi connectivity index (χ0n) is 13.5. The third-order valence-electron chi connectivity index (χ3n) is 3.42. The summed E-state index contributed by atoms with van der Waals surface area (Å²) in [4.78, 5) is 22.9. The fraction of sp³-hybridized carbons (Fsp3) is 0.312. The zero-order valence-corrected chi connectivity index (χ0v) is 13.5. The van der Waals surface area contributed by atoms with Crippen molar-refractivity contribution in [2.75, 3.05) is 0 Å². The summed E-state index contributed by atoms with van der Waals surface area (Å²) < 4.78 is 38.8. The minimum Gasteiger partial charge on any atom is -0.480 e. The highest BCUT2D eigenvalue weighted by atomic mass is 19.4. The van der Waals surface area contributed by atoms with Gasteiger partial charge in [0, 0.05) is 11.3 Å². The first-order chi connectivity index (χ1) is 11.6. The molecule has 1 heterocycles. The normalized spacial score (nSPS) is 12.7. The Kier molecular flexibility index (Phi) is 5.15. The molecule has 0 bridgehead atoms. The van der Waals surface area contributed by atoms with Gasteiger partial charge >= 0.3 is 12.1 Å². The summed E-state index contributed by atoms with van der Waals surface area (Å²) in [7, 11) is 0. The number of aromatic nitrogens is 2. The molecule has 0 aliphatic carbocycles. The van der Waals surface area contributed by atoms with Crippen LogP contribution in [0.2, 0.25) is 0 Å². The number of carboxylic acid groups (broad SMARTS) is 1. The van der Waals surface area contributed by atoms with E-state index in [0.717, 1.165) is 11.4 Å². The van der Waals surface area contributed by atoms with Gasteiger partial charge < -0.3 is 10.4 Å². The molecule has 9 heteroatoms. The van der Waals surface area contributed by atoms with Gasteiger partial charge in [0.15, 0.2) is 0 Å². The van der Waals surface area contributed by atoms with Gasteiger partial charge in [0.1, 0.15) is 6.04 Å². The first kappa shape index (κ1) is 18.5. The van der Waals surface area contributed by atoms with E-state index < -0.39 is 30.5 Å². The van der Waals surface area contributed by atoms with Gasteiger partial charge in [-0.25, -0.2) is 9.48 Å². The van der Waals surface area contributed by atoms with Crippen molar-refractivity contribution in [3.63, 3.8) is 0 Å². The summed E-state index contributed by atoms with van der Waals surface area (Å²) in [5, 5.41) is 15.0. The number of amides is 1. The topological polar surface area (TPSA) is 84.2 Å². The molecule has 1 unspecified atom stereocenters. The number of nitrogens with zero attached hydrogens (tertiary/aromatic N) is 2. The lowest BCUT2D eigenvalue weighted by Gasteiger charge is -2.16. The molecule has 2 aromatic rings. The Bertz CT molecular complexity index is 782. The molecule has 0 aliphatic rings. The molecule has 0 saturated carbocycles. The van der Waals surface area contributed by atoms with Crippen LogP contribution in [0.15, 0.2) is 30.3 Å². The molecule has 25 heavy (non-hydrogen) atoms. The van der Waals surface area contributed by atoms with E-state index >= 15 is 0 Å². The molecule has 0 aliphatic heterocycles. The van der Waals surface area contributed by atoms with Gasteiger partial charge in [-0.2, -0.15) is 18.3 Å². The van der Waals surface area contributed by atoms with Gasteiger partial charge in [-0.1, -0.05) is 0 Å². The van der Waals surface area contributed by atoms with Crippen molar-refractivity contribution in [1.82, 2.24) is 15.1 Å². The largest absolute Gasteiger partial charge is 0.480 e. The van der Waals surface area contributed by atoms with Gasteiger partial charge in [0.25, 0.3) is 5.91 Å². The number of aliphatic carboxylic acids is 1. The van der Waals surface area contributed by atoms with Gasteiger partial charge in [-0.15, -0.1) is 0 Å². The molecule has 0 spiro atoms. The van der Waals surface area contributed by atoms with E-state index in [1.807, 2.05) is 25.2 Å². The first-order valence-electron chi connectivity index (χ1n) is 7.31. The second-order valence-electron chi connectivity index (χ2n) is 5.57. The number of hydrogen-bond acceptors (Lipinski definition) is 3. The van der Waals surface area contributed by atoms with Gasteiger partial charge in [0.05, 0.1) is 17.8 Å². The third-order valence-corrected chi connectivity index (χ3v) is 3.42. The van der Waals surface area contributed by atoms with Crippen LogP contribution in [0.1, 0.15) is 28.2 Å². The zero-order chi connectivity index (χ0) is 18.8.